The standard InChI is InChI=1S/C14H12Cl2N4S/c15-13-11(7-21-14(13)16)5-18-12-3-1-2-10(4-12)6-20-9-17-8-19-20/h1-4,7-9,18H,5-6H2. The summed E-state index contributed by atoms with van der Waals surface area (Å²) in [4.78, 5) is 3.94. The molecule has 1 aromatic carbocycles. The van der Waals surface area contributed by atoms with Crippen LogP contribution in [0.4, 0.5) is 5.69 Å². The highest BCUT2D eigenvalue weighted by molar-refractivity contribution is 7.15. The fourth-order valence-corrected chi connectivity index (χ4v) is 3.21. The van der Waals surface area contributed by atoms with Crippen molar-refractivity contribution >= 4 is 40.2 Å². The summed E-state index contributed by atoms with van der Waals surface area (Å²) in [5.41, 5.74) is 3.19. The number of thiophene rings is 1. The molecule has 0 radical (unpaired) electrons. The highest BCUT2D eigenvalue weighted by Crippen LogP contribution is 2.32. The molecule has 108 valence electrons. The number of benzene rings is 1. The lowest BCUT2D eigenvalue weighted by Crippen LogP contribution is -2.02. The second-order valence-electron chi connectivity index (χ2n) is 4.50. The van der Waals surface area contributed by atoms with Crippen molar-refractivity contribution in [3.63, 3.8) is 0 Å². The molecule has 0 atom stereocenters. The van der Waals surface area contributed by atoms with Crippen LogP contribution in [0.1, 0.15) is 11.1 Å². The van der Waals surface area contributed by atoms with Gasteiger partial charge in [0.25, 0.3) is 0 Å². The Morgan fingerprint density at radius 2 is 2.19 bits per heavy atom. The lowest BCUT2D eigenvalue weighted by atomic mass is 10.2. The highest BCUT2D eigenvalue weighted by Gasteiger charge is 2.07. The van der Waals surface area contributed by atoms with Crippen LogP contribution in [-0.4, -0.2) is 14.8 Å². The minimum atomic E-state index is 0.632. The minimum absolute atomic E-state index is 0.632. The van der Waals surface area contributed by atoms with Crippen molar-refractivity contribution in [1.29, 1.82) is 0 Å². The average Bonchev–Trinajstić information content (AvgIpc) is 3.10. The molecule has 0 aliphatic carbocycles. The lowest BCUT2D eigenvalue weighted by Gasteiger charge is -2.08. The zero-order valence-corrected chi connectivity index (χ0v) is 13.3. The molecule has 0 aliphatic rings. The third-order valence-corrected chi connectivity index (χ3v) is 4.89. The molecular weight excluding hydrogens is 327 g/mol. The van der Waals surface area contributed by atoms with Crippen molar-refractivity contribution in [3.05, 3.63) is 62.8 Å². The Morgan fingerprint density at radius 3 is 2.90 bits per heavy atom. The SMILES string of the molecule is Clc1scc(CNc2cccc(Cn3cncn3)c2)c1Cl. The van der Waals surface area contributed by atoms with Crippen LogP contribution in [0, 0.1) is 0 Å². The van der Waals surface area contributed by atoms with E-state index in [1.54, 1.807) is 11.0 Å². The van der Waals surface area contributed by atoms with Crippen molar-refractivity contribution in [1.82, 2.24) is 14.8 Å². The number of aromatic nitrogens is 3. The summed E-state index contributed by atoms with van der Waals surface area (Å²) in [5.74, 6) is 0. The van der Waals surface area contributed by atoms with Gasteiger partial charge in [-0.2, -0.15) is 5.10 Å². The van der Waals surface area contributed by atoms with E-state index in [2.05, 4.69) is 27.5 Å². The predicted molar refractivity (Wildman–Crippen MR) is 87.2 cm³/mol. The molecule has 3 rings (SSSR count). The number of halogens is 2. The predicted octanol–water partition coefficient (Wildman–Crippen LogP) is 4.31. The van der Waals surface area contributed by atoms with Crippen LogP contribution in [0.3, 0.4) is 0 Å². The maximum Gasteiger partial charge on any atom is 0.137 e. The Kier molecular flexibility index (Phi) is 4.43. The van der Waals surface area contributed by atoms with Gasteiger partial charge in [0.15, 0.2) is 0 Å². The Hall–Kier alpha value is -1.56. The molecule has 0 amide bonds. The smallest absolute Gasteiger partial charge is 0.137 e. The molecule has 0 saturated carbocycles. The van der Waals surface area contributed by atoms with Gasteiger partial charge in [-0.25, -0.2) is 9.67 Å². The Bertz CT molecular complexity index is 724. The van der Waals surface area contributed by atoms with Crippen molar-refractivity contribution in [3.8, 4) is 0 Å². The summed E-state index contributed by atoms with van der Waals surface area (Å²) in [6.45, 7) is 1.34. The van der Waals surface area contributed by atoms with Crippen LogP contribution in [-0.2, 0) is 13.1 Å². The van der Waals surface area contributed by atoms with Crippen LogP contribution in [0.5, 0.6) is 0 Å². The molecule has 0 saturated heterocycles. The molecule has 0 bridgehead atoms. The molecule has 0 fully saturated rings. The number of hydrogen-bond acceptors (Lipinski definition) is 4. The summed E-state index contributed by atoms with van der Waals surface area (Å²) in [6, 6.07) is 8.17. The second kappa shape index (κ2) is 6.47. The van der Waals surface area contributed by atoms with E-state index in [1.165, 1.54) is 17.7 Å². The number of rotatable bonds is 5. The van der Waals surface area contributed by atoms with E-state index in [9.17, 15) is 0 Å². The van der Waals surface area contributed by atoms with Gasteiger partial charge in [-0.15, -0.1) is 11.3 Å². The average molecular weight is 339 g/mol. The summed E-state index contributed by atoms with van der Waals surface area (Å²) in [7, 11) is 0. The molecule has 21 heavy (non-hydrogen) atoms. The van der Waals surface area contributed by atoms with Gasteiger partial charge in [-0.3, -0.25) is 0 Å². The molecule has 2 aromatic heterocycles. The summed E-state index contributed by atoms with van der Waals surface area (Å²) >= 11 is 13.5. The first-order chi connectivity index (χ1) is 10.2. The number of hydrogen-bond donors (Lipinski definition) is 1. The molecular formula is C14H12Cl2N4S. The van der Waals surface area contributed by atoms with Crippen molar-refractivity contribution < 1.29 is 0 Å². The van der Waals surface area contributed by atoms with E-state index in [0.29, 0.717) is 22.4 Å². The second-order valence-corrected chi connectivity index (χ2v) is 6.36. The van der Waals surface area contributed by atoms with Crippen LogP contribution >= 0.6 is 34.5 Å². The van der Waals surface area contributed by atoms with Gasteiger partial charge in [0, 0.05) is 17.8 Å². The van der Waals surface area contributed by atoms with Crippen molar-refractivity contribution in [2.75, 3.05) is 5.32 Å². The van der Waals surface area contributed by atoms with E-state index in [0.717, 1.165) is 16.8 Å². The van der Waals surface area contributed by atoms with E-state index in [4.69, 9.17) is 23.2 Å². The van der Waals surface area contributed by atoms with E-state index in [-0.39, 0.29) is 0 Å². The van der Waals surface area contributed by atoms with Gasteiger partial charge in [0.05, 0.1) is 11.6 Å². The third kappa shape index (κ3) is 3.56. The Morgan fingerprint density at radius 1 is 1.29 bits per heavy atom. The summed E-state index contributed by atoms with van der Waals surface area (Å²) in [6.07, 6.45) is 3.23. The number of anilines is 1. The number of nitrogens with zero attached hydrogens (tertiary/aromatic N) is 3. The monoisotopic (exact) mass is 338 g/mol. The lowest BCUT2D eigenvalue weighted by molar-refractivity contribution is 0.685. The highest BCUT2D eigenvalue weighted by atomic mass is 35.5. The van der Waals surface area contributed by atoms with Crippen molar-refractivity contribution in [2.45, 2.75) is 13.1 Å². The van der Waals surface area contributed by atoms with Gasteiger partial charge in [-0.1, -0.05) is 35.3 Å². The van der Waals surface area contributed by atoms with Gasteiger partial charge >= 0.3 is 0 Å². The zero-order chi connectivity index (χ0) is 14.7. The first-order valence-corrected chi connectivity index (χ1v) is 7.92. The Labute approximate surface area is 136 Å². The van der Waals surface area contributed by atoms with Gasteiger partial charge in [0.1, 0.15) is 17.0 Å². The molecule has 3 aromatic rings. The van der Waals surface area contributed by atoms with Crippen molar-refractivity contribution in [2.24, 2.45) is 0 Å². The number of nitrogens with one attached hydrogen (secondary N) is 1. The topological polar surface area (TPSA) is 42.7 Å². The van der Waals surface area contributed by atoms with Crippen LogP contribution < -0.4 is 5.32 Å². The van der Waals surface area contributed by atoms with E-state index < -0.39 is 0 Å². The fraction of sp³-hybridized carbons (Fsp3) is 0.143. The molecule has 0 spiro atoms. The first-order valence-electron chi connectivity index (χ1n) is 6.29. The first kappa shape index (κ1) is 14.4. The molecule has 0 aliphatic heterocycles. The molecule has 7 heteroatoms. The zero-order valence-electron chi connectivity index (χ0n) is 11.0. The van der Waals surface area contributed by atoms with Gasteiger partial charge in [-0.05, 0) is 23.1 Å². The van der Waals surface area contributed by atoms with E-state index in [1.807, 2.05) is 17.5 Å². The van der Waals surface area contributed by atoms with Gasteiger partial charge < -0.3 is 5.32 Å². The molecule has 1 N–H and O–H groups in total. The minimum Gasteiger partial charge on any atom is -0.381 e. The summed E-state index contributed by atoms with van der Waals surface area (Å²) < 4.78 is 2.42. The molecule has 4 nitrogen and oxygen atoms in total. The molecule has 0 unspecified atom stereocenters. The summed E-state index contributed by atoms with van der Waals surface area (Å²) in [5, 5.41) is 10.1. The third-order valence-electron chi connectivity index (χ3n) is 2.98. The van der Waals surface area contributed by atoms with E-state index >= 15 is 0 Å². The molecule has 2 heterocycles. The Balaban J connectivity index is 1.67. The maximum absolute atomic E-state index is 6.12. The van der Waals surface area contributed by atoms with Gasteiger partial charge in [0.2, 0.25) is 0 Å². The quantitative estimate of drug-likeness (QED) is 0.753. The largest absolute Gasteiger partial charge is 0.381 e. The maximum atomic E-state index is 6.12. The normalized spacial score (nSPS) is 10.8. The van der Waals surface area contributed by atoms with Crippen LogP contribution in [0.2, 0.25) is 9.36 Å². The van der Waals surface area contributed by atoms with Crippen LogP contribution in [0.15, 0.2) is 42.3 Å². The fourth-order valence-electron chi connectivity index (χ4n) is 1.95. The van der Waals surface area contributed by atoms with Crippen LogP contribution in [0.25, 0.3) is 0 Å².